The molecular weight excluding hydrogens is 540 g/mol. The maximum absolute atomic E-state index is 12.6. The van der Waals surface area contributed by atoms with E-state index in [0.717, 1.165) is 48.6 Å². The van der Waals surface area contributed by atoms with Crippen LogP contribution in [0.1, 0.15) is 59.2 Å². The van der Waals surface area contributed by atoms with Crippen LogP contribution in [-0.2, 0) is 21.4 Å². The van der Waals surface area contributed by atoms with Crippen LogP contribution in [0.4, 0.5) is 5.69 Å². The quantitative estimate of drug-likeness (QED) is 0.257. The highest BCUT2D eigenvalue weighted by atomic mass is 32.2. The second-order valence-electron chi connectivity index (χ2n) is 10.2. The number of aryl methyl sites for hydroxylation is 1. The highest BCUT2D eigenvalue weighted by molar-refractivity contribution is 7.92. The first kappa shape index (κ1) is 29.8. The van der Waals surface area contributed by atoms with Crippen LogP contribution in [0.3, 0.4) is 0 Å². The molecule has 41 heavy (non-hydrogen) atoms. The van der Waals surface area contributed by atoms with Crippen LogP contribution < -0.4 is 19.8 Å². The van der Waals surface area contributed by atoms with Crippen LogP contribution in [0.15, 0.2) is 77.9 Å². The van der Waals surface area contributed by atoms with Gasteiger partial charge in [-0.05, 0) is 85.0 Å². The lowest BCUT2D eigenvalue weighted by atomic mass is 9.95. The first-order valence-corrected chi connectivity index (χ1v) is 15.5. The minimum absolute atomic E-state index is 0.0351. The van der Waals surface area contributed by atoms with Gasteiger partial charge >= 0.3 is 0 Å². The summed E-state index contributed by atoms with van der Waals surface area (Å²) in [5.41, 5.74) is 5.91. The number of nitrogens with one attached hydrogen (secondary N) is 2. The molecule has 0 atom stereocenters. The van der Waals surface area contributed by atoms with Crippen molar-refractivity contribution in [3.05, 3.63) is 95.1 Å². The third kappa shape index (κ3) is 8.91. The lowest BCUT2D eigenvalue weighted by Gasteiger charge is -2.23. The molecule has 0 aliphatic heterocycles. The Bertz CT molecular complexity index is 1470. The molecule has 0 aromatic heterocycles. The van der Waals surface area contributed by atoms with E-state index in [2.05, 4.69) is 15.8 Å². The molecule has 0 heterocycles. The van der Waals surface area contributed by atoms with E-state index >= 15 is 0 Å². The van der Waals surface area contributed by atoms with Crippen molar-refractivity contribution in [3.8, 4) is 5.75 Å². The van der Waals surface area contributed by atoms with Gasteiger partial charge in [-0.15, -0.1) is 0 Å². The molecule has 3 aromatic rings. The zero-order valence-electron chi connectivity index (χ0n) is 23.4. The van der Waals surface area contributed by atoms with Gasteiger partial charge in [0.05, 0.1) is 24.7 Å². The molecular formula is C31H36N4O5S. The molecule has 4 rings (SSSR count). The van der Waals surface area contributed by atoms with Crippen molar-refractivity contribution in [1.29, 1.82) is 0 Å². The van der Waals surface area contributed by atoms with Gasteiger partial charge in [-0.1, -0.05) is 43.5 Å². The van der Waals surface area contributed by atoms with Crippen molar-refractivity contribution >= 4 is 33.7 Å². The van der Waals surface area contributed by atoms with Crippen molar-refractivity contribution in [2.75, 3.05) is 17.2 Å². The molecule has 0 unspecified atom stereocenters. The molecule has 1 aliphatic carbocycles. The van der Waals surface area contributed by atoms with Crippen molar-refractivity contribution in [2.45, 2.75) is 51.6 Å². The molecule has 0 bridgehead atoms. The van der Waals surface area contributed by atoms with Crippen LogP contribution in [-0.4, -0.2) is 45.4 Å². The summed E-state index contributed by atoms with van der Waals surface area (Å²) in [6.07, 6.45) is 8.25. The first-order chi connectivity index (χ1) is 19.7. The lowest BCUT2D eigenvalue weighted by Crippen LogP contribution is -2.38. The minimum Gasteiger partial charge on any atom is -0.484 e. The summed E-state index contributed by atoms with van der Waals surface area (Å²) in [4.78, 5) is 24.7. The van der Waals surface area contributed by atoms with Crippen LogP contribution in [0.5, 0.6) is 5.75 Å². The molecule has 216 valence electrons. The fourth-order valence-corrected chi connectivity index (χ4v) is 5.54. The maximum atomic E-state index is 12.6. The summed E-state index contributed by atoms with van der Waals surface area (Å²) in [5, 5.41) is 7.04. The molecule has 2 amide bonds. The second-order valence-corrected chi connectivity index (χ2v) is 12.1. The number of nitrogens with zero attached hydrogens (tertiary/aromatic N) is 2. The number of sulfonamides is 1. The number of hydrogen-bond acceptors (Lipinski definition) is 6. The van der Waals surface area contributed by atoms with E-state index in [4.69, 9.17) is 4.74 Å². The summed E-state index contributed by atoms with van der Waals surface area (Å²) in [7, 11) is -3.55. The van der Waals surface area contributed by atoms with Gasteiger partial charge in [-0.3, -0.25) is 13.9 Å². The summed E-state index contributed by atoms with van der Waals surface area (Å²) in [6, 6.07) is 21.2. The molecule has 10 heteroatoms. The first-order valence-electron chi connectivity index (χ1n) is 13.7. The molecule has 1 aliphatic rings. The van der Waals surface area contributed by atoms with E-state index in [9.17, 15) is 18.0 Å². The van der Waals surface area contributed by atoms with Crippen LogP contribution >= 0.6 is 0 Å². The van der Waals surface area contributed by atoms with Gasteiger partial charge < -0.3 is 10.1 Å². The summed E-state index contributed by atoms with van der Waals surface area (Å²) < 4.78 is 31.9. The summed E-state index contributed by atoms with van der Waals surface area (Å²) in [5.74, 6) is 0.0192. The Morgan fingerprint density at radius 3 is 2.32 bits per heavy atom. The third-order valence-electron chi connectivity index (χ3n) is 6.99. The largest absolute Gasteiger partial charge is 0.484 e. The molecule has 9 nitrogen and oxygen atoms in total. The van der Waals surface area contributed by atoms with Crippen molar-refractivity contribution in [1.82, 2.24) is 10.7 Å². The maximum Gasteiger partial charge on any atom is 0.271 e. The topological polar surface area (TPSA) is 117 Å². The monoisotopic (exact) mass is 576 g/mol. The van der Waals surface area contributed by atoms with E-state index in [1.165, 1.54) is 16.9 Å². The number of amides is 2. The Kier molecular flexibility index (Phi) is 10.1. The van der Waals surface area contributed by atoms with Gasteiger partial charge in [-0.2, -0.15) is 5.10 Å². The minimum atomic E-state index is -3.55. The smallest absolute Gasteiger partial charge is 0.271 e. The van der Waals surface area contributed by atoms with Gasteiger partial charge in [0.15, 0.2) is 6.61 Å². The number of hydrogen-bond donors (Lipinski definition) is 2. The molecule has 0 spiro atoms. The average Bonchev–Trinajstić information content (AvgIpc) is 2.96. The predicted molar refractivity (Wildman–Crippen MR) is 161 cm³/mol. The molecule has 1 fully saturated rings. The molecule has 2 N–H and O–H groups in total. The average molecular weight is 577 g/mol. The predicted octanol–water partition coefficient (Wildman–Crippen LogP) is 4.55. The van der Waals surface area contributed by atoms with Crippen molar-refractivity contribution < 1.29 is 22.7 Å². The summed E-state index contributed by atoms with van der Waals surface area (Å²) in [6.45, 7) is 2.09. The Morgan fingerprint density at radius 2 is 1.66 bits per heavy atom. The highest BCUT2D eigenvalue weighted by Crippen LogP contribution is 2.23. The van der Waals surface area contributed by atoms with E-state index in [1.807, 2.05) is 31.2 Å². The normalized spacial score (nSPS) is 14.0. The number of benzene rings is 3. The van der Waals surface area contributed by atoms with E-state index < -0.39 is 15.9 Å². The molecule has 1 saturated carbocycles. The summed E-state index contributed by atoms with van der Waals surface area (Å²) >= 11 is 0. The van der Waals surface area contributed by atoms with E-state index in [-0.39, 0.29) is 25.1 Å². The number of hydrazone groups is 1. The Morgan fingerprint density at radius 1 is 0.976 bits per heavy atom. The van der Waals surface area contributed by atoms with Crippen LogP contribution in [0.25, 0.3) is 0 Å². The standard InChI is InChI=1S/C31H36N4O5S/c1-23-8-6-7-9-26(23)21-35(41(2,38)39)28-16-14-25(15-17-28)31(37)34-32-20-24-12-18-29(19-13-24)40-22-30(36)33-27-10-4-3-5-11-27/h6-9,12-20,27H,3-5,10-11,21-22H2,1-2H3,(H,33,36)(H,34,37)/b32-20-. The van der Waals surface area contributed by atoms with Gasteiger partial charge in [0.25, 0.3) is 11.8 Å². The SMILES string of the molecule is Cc1ccccc1CN(c1ccc(C(=O)N/N=C\c2ccc(OCC(=O)NC3CCCCC3)cc2)cc1)S(C)(=O)=O. The number of carbonyl (C=O) groups excluding carboxylic acids is 2. The number of ether oxygens (including phenoxy) is 1. The Labute approximate surface area is 241 Å². The van der Waals surface area contributed by atoms with Crippen LogP contribution in [0.2, 0.25) is 0 Å². The molecule has 3 aromatic carbocycles. The van der Waals surface area contributed by atoms with Gasteiger partial charge in [0, 0.05) is 11.6 Å². The van der Waals surface area contributed by atoms with E-state index in [1.54, 1.807) is 48.5 Å². The highest BCUT2D eigenvalue weighted by Gasteiger charge is 2.19. The van der Waals surface area contributed by atoms with Gasteiger partial charge in [0.2, 0.25) is 10.0 Å². The fourth-order valence-electron chi connectivity index (χ4n) is 4.67. The molecule has 0 saturated heterocycles. The number of anilines is 1. The van der Waals surface area contributed by atoms with Crippen molar-refractivity contribution in [3.63, 3.8) is 0 Å². The van der Waals surface area contributed by atoms with Crippen molar-refractivity contribution in [2.24, 2.45) is 5.10 Å². The Hall–Kier alpha value is -4.18. The second kappa shape index (κ2) is 13.9. The number of rotatable bonds is 11. The van der Waals surface area contributed by atoms with Crippen LogP contribution in [0, 0.1) is 6.92 Å². The Balaban J connectivity index is 1.28. The third-order valence-corrected chi connectivity index (χ3v) is 8.13. The number of carbonyl (C=O) groups is 2. The zero-order valence-corrected chi connectivity index (χ0v) is 24.2. The lowest BCUT2D eigenvalue weighted by molar-refractivity contribution is -0.124. The fraction of sp³-hybridized carbons (Fsp3) is 0.323. The van der Waals surface area contributed by atoms with Gasteiger partial charge in [0.1, 0.15) is 5.75 Å². The zero-order chi connectivity index (χ0) is 29.2. The van der Waals surface area contributed by atoms with E-state index in [0.29, 0.717) is 17.0 Å². The molecule has 0 radical (unpaired) electrons. The van der Waals surface area contributed by atoms with Gasteiger partial charge in [-0.25, -0.2) is 13.8 Å².